The Hall–Kier alpha value is -2.03. The molecular weight excluding hydrogens is 265 g/mol. The Labute approximate surface area is 125 Å². The van der Waals surface area contributed by atoms with Gasteiger partial charge in [-0.25, -0.2) is 4.39 Å². The van der Waals surface area contributed by atoms with E-state index in [2.05, 4.69) is 17.4 Å². The smallest absolute Gasteiger partial charge is 0.125 e. The summed E-state index contributed by atoms with van der Waals surface area (Å²) >= 11 is 0. The minimum absolute atomic E-state index is 0.202. The summed E-state index contributed by atoms with van der Waals surface area (Å²) in [5.41, 5.74) is 3.17. The summed E-state index contributed by atoms with van der Waals surface area (Å²) in [5, 5.41) is 3.52. The zero-order chi connectivity index (χ0) is 14.8. The van der Waals surface area contributed by atoms with Gasteiger partial charge in [-0.2, -0.15) is 0 Å². The van der Waals surface area contributed by atoms with Crippen molar-refractivity contribution in [2.75, 3.05) is 12.4 Å². The molecule has 3 rings (SSSR count). The first kappa shape index (κ1) is 13.9. The standard InChI is InChI=1S/C18H20FNO/c1-12-3-8-15(19)11-17(12)20-18(13-4-5-13)14-6-9-16(21-2)10-7-14/h3,6-11,13,18,20H,4-5H2,1-2H3. The van der Waals surface area contributed by atoms with Crippen molar-refractivity contribution in [1.29, 1.82) is 0 Å². The van der Waals surface area contributed by atoms with Crippen LogP contribution in [0.1, 0.15) is 30.0 Å². The van der Waals surface area contributed by atoms with Gasteiger partial charge >= 0.3 is 0 Å². The van der Waals surface area contributed by atoms with Gasteiger partial charge in [0, 0.05) is 5.69 Å². The number of benzene rings is 2. The van der Waals surface area contributed by atoms with E-state index in [1.165, 1.54) is 24.5 Å². The fourth-order valence-corrected chi connectivity index (χ4v) is 2.63. The van der Waals surface area contributed by atoms with Crippen LogP contribution in [-0.2, 0) is 0 Å². The molecule has 0 saturated heterocycles. The van der Waals surface area contributed by atoms with Gasteiger partial charge in [0.2, 0.25) is 0 Å². The third-order valence-corrected chi connectivity index (χ3v) is 4.08. The van der Waals surface area contributed by atoms with Crippen LogP contribution in [0.25, 0.3) is 0 Å². The van der Waals surface area contributed by atoms with Gasteiger partial charge in [0.15, 0.2) is 0 Å². The van der Waals surface area contributed by atoms with Crippen molar-refractivity contribution in [2.45, 2.75) is 25.8 Å². The Morgan fingerprint density at radius 2 is 1.86 bits per heavy atom. The highest BCUT2D eigenvalue weighted by molar-refractivity contribution is 5.53. The maximum atomic E-state index is 13.5. The van der Waals surface area contributed by atoms with Crippen molar-refractivity contribution >= 4 is 5.69 Å². The normalized spacial score (nSPS) is 15.6. The Balaban J connectivity index is 1.86. The van der Waals surface area contributed by atoms with E-state index in [4.69, 9.17) is 4.74 Å². The lowest BCUT2D eigenvalue weighted by Gasteiger charge is -2.21. The van der Waals surface area contributed by atoms with Gasteiger partial charge in [-0.15, -0.1) is 0 Å². The summed E-state index contributed by atoms with van der Waals surface area (Å²) in [4.78, 5) is 0. The molecule has 2 aromatic carbocycles. The molecule has 1 aliphatic carbocycles. The van der Waals surface area contributed by atoms with Crippen molar-refractivity contribution in [3.63, 3.8) is 0 Å². The zero-order valence-corrected chi connectivity index (χ0v) is 12.4. The van der Waals surface area contributed by atoms with Crippen LogP contribution >= 0.6 is 0 Å². The number of rotatable bonds is 5. The van der Waals surface area contributed by atoms with Gasteiger partial charge in [0.25, 0.3) is 0 Å². The summed E-state index contributed by atoms with van der Waals surface area (Å²) < 4.78 is 18.7. The summed E-state index contributed by atoms with van der Waals surface area (Å²) in [5.74, 6) is 1.28. The van der Waals surface area contributed by atoms with Crippen molar-refractivity contribution < 1.29 is 9.13 Å². The largest absolute Gasteiger partial charge is 0.497 e. The molecule has 0 radical (unpaired) electrons. The van der Waals surface area contributed by atoms with Gasteiger partial charge < -0.3 is 10.1 Å². The molecule has 1 fully saturated rings. The molecule has 0 amide bonds. The lowest BCUT2D eigenvalue weighted by molar-refractivity contribution is 0.414. The zero-order valence-electron chi connectivity index (χ0n) is 12.4. The molecule has 0 aliphatic heterocycles. The fraction of sp³-hybridized carbons (Fsp3) is 0.333. The molecule has 0 heterocycles. The van der Waals surface area contributed by atoms with E-state index in [0.29, 0.717) is 5.92 Å². The van der Waals surface area contributed by atoms with Crippen LogP contribution in [0.2, 0.25) is 0 Å². The lowest BCUT2D eigenvalue weighted by Crippen LogP contribution is -2.13. The minimum atomic E-state index is -0.202. The van der Waals surface area contributed by atoms with Crippen molar-refractivity contribution in [1.82, 2.24) is 0 Å². The monoisotopic (exact) mass is 285 g/mol. The third kappa shape index (κ3) is 3.18. The molecule has 0 spiro atoms. The van der Waals surface area contributed by atoms with E-state index >= 15 is 0 Å². The maximum Gasteiger partial charge on any atom is 0.125 e. The number of halogens is 1. The Bertz CT molecular complexity index is 620. The highest BCUT2D eigenvalue weighted by Gasteiger charge is 2.32. The predicted molar refractivity (Wildman–Crippen MR) is 83.2 cm³/mol. The highest BCUT2D eigenvalue weighted by Crippen LogP contribution is 2.43. The molecule has 0 bridgehead atoms. The number of ether oxygens (including phenoxy) is 1. The van der Waals surface area contributed by atoms with E-state index in [-0.39, 0.29) is 11.9 Å². The average molecular weight is 285 g/mol. The molecule has 1 saturated carbocycles. The Kier molecular flexibility index (Phi) is 3.82. The summed E-state index contributed by atoms with van der Waals surface area (Å²) in [7, 11) is 1.67. The highest BCUT2D eigenvalue weighted by atomic mass is 19.1. The first-order valence-corrected chi connectivity index (χ1v) is 7.34. The quantitative estimate of drug-likeness (QED) is 0.859. The summed E-state index contributed by atoms with van der Waals surface area (Å²) in [6.07, 6.45) is 2.44. The van der Waals surface area contributed by atoms with Gasteiger partial charge in [0.1, 0.15) is 11.6 Å². The predicted octanol–water partition coefficient (Wildman–Crippen LogP) is 4.71. The number of hydrogen-bond donors (Lipinski definition) is 1. The maximum absolute atomic E-state index is 13.5. The first-order chi connectivity index (χ1) is 10.2. The second kappa shape index (κ2) is 5.76. The number of methoxy groups -OCH3 is 1. The van der Waals surface area contributed by atoms with E-state index < -0.39 is 0 Å². The summed E-state index contributed by atoms with van der Waals surface area (Å²) in [6.45, 7) is 2.00. The lowest BCUT2D eigenvalue weighted by atomic mass is 10.0. The molecule has 0 aromatic heterocycles. The molecule has 2 nitrogen and oxygen atoms in total. The number of aryl methyl sites for hydroxylation is 1. The van der Waals surface area contributed by atoms with Crippen LogP contribution in [0.3, 0.4) is 0 Å². The van der Waals surface area contributed by atoms with E-state index in [1.807, 2.05) is 25.1 Å². The van der Waals surface area contributed by atoms with Crippen LogP contribution in [0.15, 0.2) is 42.5 Å². The van der Waals surface area contributed by atoms with E-state index in [1.54, 1.807) is 13.2 Å². The Morgan fingerprint density at radius 1 is 1.14 bits per heavy atom. The minimum Gasteiger partial charge on any atom is -0.497 e. The molecule has 2 aromatic rings. The second-order valence-electron chi connectivity index (χ2n) is 5.69. The second-order valence-corrected chi connectivity index (χ2v) is 5.69. The van der Waals surface area contributed by atoms with Crippen molar-refractivity contribution in [3.05, 3.63) is 59.4 Å². The molecule has 21 heavy (non-hydrogen) atoms. The molecule has 1 N–H and O–H groups in total. The van der Waals surface area contributed by atoms with Gasteiger partial charge in [-0.3, -0.25) is 0 Å². The first-order valence-electron chi connectivity index (χ1n) is 7.34. The van der Waals surface area contributed by atoms with Gasteiger partial charge in [-0.05, 0) is 61.1 Å². The van der Waals surface area contributed by atoms with Gasteiger partial charge in [0.05, 0.1) is 13.2 Å². The van der Waals surface area contributed by atoms with Crippen molar-refractivity contribution in [3.8, 4) is 5.75 Å². The van der Waals surface area contributed by atoms with E-state index in [9.17, 15) is 4.39 Å². The molecule has 3 heteroatoms. The molecule has 1 unspecified atom stereocenters. The number of anilines is 1. The van der Waals surface area contributed by atoms with Gasteiger partial charge in [-0.1, -0.05) is 18.2 Å². The molecule has 1 aliphatic rings. The number of nitrogens with one attached hydrogen (secondary N) is 1. The van der Waals surface area contributed by atoms with E-state index in [0.717, 1.165) is 17.0 Å². The Morgan fingerprint density at radius 3 is 2.48 bits per heavy atom. The van der Waals surface area contributed by atoms with Crippen LogP contribution in [-0.4, -0.2) is 7.11 Å². The van der Waals surface area contributed by atoms with Crippen LogP contribution in [0, 0.1) is 18.7 Å². The SMILES string of the molecule is COc1ccc(C(Nc2cc(F)ccc2C)C2CC2)cc1. The third-order valence-electron chi connectivity index (χ3n) is 4.08. The molecule has 1 atom stereocenters. The van der Waals surface area contributed by atoms with Crippen LogP contribution < -0.4 is 10.1 Å². The van der Waals surface area contributed by atoms with Crippen molar-refractivity contribution in [2.24, 2.45) is 5.92 Å². The van der Waals surface area contributed by atoms with Crippen LogP contribution in [0.4, 0.5) is 10.1 Å². The topological polar surface area (TPSA) is 21.3 Å². The molecule has 110 valence electrons. The fourth-order valence-electron chi connectivity index (χ4n) is 2.63. The molecular formula is C18H20FNO. The van der Waals surface area contributed by atoms with Crippen LogP contribution in [0.5, 0.6) is 5.75 Å². The average Bonchev–Trinajstić information content (AvgIpc) is 3.33. The number of hydrogen-bond acceptors (Lipinski definition) is 2. The summed E-state index contributed by atoms with van der Waals surface area (Å²) in [6, 6.07) is 13.3.